The van der Waals surface area contributed by atoms with E-state index in [1.165, 1.54) is 4.57 Å². The Labute approximate surface area is 157 Å². The fraction of sp³-hybridized carbons (Fsp3) is 0.300. The van der Waals surface area contributed by atoms with Crippen molar-refractivity contribution in [2.45, 2.75) is 41.2 Å². The van der Waals surface area contributed by atoms with E-state index in [2.05, 4.69) is 15.4 Å². The molecule has 0 unspecified atom stereocenters. The Hall–Kier alpha value is -3.22. The monoisotopic (exact) mass is 365 g/mol. The lowest BCUT2D eigenvalue weighted by molar-refractivity contribution is -0.116. The first-order valence-electron chi connectivity index (χ1n) is 8.74. The summed E-state index contributed by atoms with van der Waals surface area (Å²) in [7, 11) is 0. The van der Waals surface area contributed by atoms with Crippen LogP contribution >= 0.6 is 0 Å². The highest BCUT2D eigenvalue weighted by molar-refractivity contribution is 5.90. The van der Waals surface area contributed by atoms with Crippen molar-refractivity contribution in [2.24, 2.45) is 0 Å². The van der Waals surface area contributed by atoms with Crippen LogP contribution in [0.1, 0.15) is 28.2 Å². The van der Waals surface area contributed by atoms with Crippen molar-refractivity contribution < 1.29 is 4.79 Å². The van der Waals surface area contributed by atoms with Gasteiger partial charge in [0.05, 0.1) is 5.69 Å². The van der Waals surface area contributed by atoms with Crippen molar-refractivity contribution >= 4 is 11.6 Å². The molecule has 0 aliphatic heterocycles. The minimum atomic E-state index is -0.297. The van der Waals surface area contributed by atoms with Crippen LogP contribution in [-0.4, -0.2) is 25.2 Å². The third-order valence-electron chi connectivity index (χ3n) is 4.45. The lowest BCUT2D eigenvalue weighted by atomic mass is 10.2. The first kappa shape index (κ1) is 18.6. The maximum atomic E-state index is 12.8. The quantitative estimate of drug-likeness (QED) is 0.770. The Morgan fingerprint density at radius 2 is 1.74 bits per heavy atom. The molecule has 0 fully saturated rings. The minimum absolute atomic E-state index is 0.144. The van der Waals surface area contributed by atoms with Crippen LogP contribution in [0.15, 0.2) is 35.1 Å². The first-order chi connectivity index (χ1) is 12.8. The number of aromatic nitrogens is 4. The summed E-state index contributed by atoms with van der Waals surface area (Å²) in [6, 6.07) is 9.40. The highest BCUT2D eigenvalue weighted by atomic mass is 16.2. The van der Waals surface area contributed by atoms with Gasteiger partial charge in [-0.1, -0.05) is 17.7 Å². The maximum absolute atomic E-state index is 12.8. The number of carbonyl (C=O) groups excluding carboxylic acids is 1. The van der Waals surface area contributed by atoms with E-state index in [-0.39, 0.29) is 18.0 Å². The Morgan fingerprint density at radius 3 is 2.33 bits per heavy atom. The van der Waals surface area contributed by atoms with Crippen molar-refractivity contribution in [3.63, 3.8) is 0 Å². The van der Waals surface area contributed by atoms with Gasteiger partial charge in [-0.15, -0.1) is 0 Å². The molecule has 140 valence electrons. The summed E-state index contributed by atoms with van der Waals surface area (Å²) in [5.74, 6) is 0.0431. The normalized spacial score (nSPS) is 10.9. The summed E-state index contributed by atoms with van der Waals surface area (Å²) in [5.41, 5.74) is 4.34. The lowest BCUT2D eigenvalue weighted by Crippen LogP contribution is -2.33. The number of nitrogens with zero attached hydrogens (tertiary/aromatic N) is 4. The van der Waals surface area contributed by atoms with E-state index in [9.17, 15) is 9.59 Å². The zero-order valence-corrected chi connectivity index (χ0v) is 16.2. The molecular formula is C20H23N5O2. The van der Waals surface area contributed by atoms with E-state index in [1.807, 2.05) is 51.1 Å². The summed E-state index contributed by atoms with van der Waals surface area (Å²) in [6.07, 6.45) is 0. The van der Waals surface area contributed by atoms with Crippen molar-refractivity contribution in [3.8, 4) is 5.95 Å². The average molecular weight is 365 g/mol. The fourth-order valence-corrected chi connectivity index (χ4v) is 2.86. The van der Waals surface area contributed by atoms with Gasteiger partial charge in [-0.2, -0.15) is 5.10 Å². The van der Waals surface area contributed by atoms with Crippen LogP contribution in [-0.2, 0) is 11.3 Å². The third kappa shape index (κ3) is 3.81. The Morgan fingerprint density at radius 1 is 1.07 bits per heavy atom. The van der Waals surface area contributed by atoms with E-state index < -0.39 is 0 Å². The number of anilines is 1. The summed E-state index contributed by atoms with van der Waals surface area (Å²) >= 11 is 0. The van der Waals surface area contributed by atoms with Crippen LogP contribution in [0.5, 0.6) is 0 Å². The number of nitrogens with one attached hydrogen (secondary N) is 1. The third-order valence-corrected chi connectivity index (χ3v) is 4.45. The maximum Gasteiger partial charge on any atom is 0.258 e. The molecule has 1 N–H and O–H groups in total. The number of hydrogen-bond donors (Lipinski definition) is 1. The SMILES string of the molecule is Cc1ccc(NC(=O)Cn2c(-n3nc(C)cc3C)nc(C)c(C)c2=O)cc1. The van der Waals surface area contributed by atoms with Gasteiger partial charge in [0.15, 0.2) is 0 Å². The lowest BCUT2D eigenvalue weighted by Gasteiger charge is -2.15. The molecule has 2 aromatic heterocycles. The second-order valence-corrected chi connectivity index (χ2v) is 6.77. The molecule has 1 aromatic carbocycles. The van der Waals surface area contributed by atoms with E-state index in [0.29, 0.717) is 22.9 Å². The molecule has 3 aromatic rings. The molecule has 0 aliphatic carbocycles. The largest absolute Gasteiger partial charge is 0.325 e. The molecule has 27 heavy (non-hydrogen) atoms. The number of aryl methyl sites for hydroxylation is 4. The van der Waals surface area contributed by atoms with Crippen molar-refractivity contribution in [3.05, 3.63) is 68.9 Å². The van der Waals surface area contributed by atoms with Gasteiger partial charge in [0.2, 0.25) is 11.9 Å². The predicted octanol–water partition coefficient (Wildman–Crippen LogP) is 2.61. The smallest absolute Gasteiger partial charge is 0.258 e. The number of carbonyl (C=O) groups is 1. The number of benzene rings is 1. The van der Waals surface area contributed by atoms with Gasteiger partial charge >= 0.3 is 0 Å². The number of hydrogen-bond acceptors (Lipinski definition) is 4. The molecule has 0 saturated carbocycles. The zero-order chi connectivity index (χ0) is 19.7. The predicted molar refractivity (Wildman–Crippen MR) is 104 cm³/mol. The second kappa shape index (κ2) is 7.19. The van der Waals surface area contributed by atoms with Crippen LogP contribution in [0, 0.1) is 34.6 Å². The Kier molecular flexibility index (Phi) is 4.94. The Bertz CT molecular complexity index is 1060. The van der Waals surface area contributed by atoms with Crippen molar-refractivity contribution in [1.82, 2.24) is 19.3 Å². The van der Waals surface area contributed by atoms with Crippen molar-refractivity contribution in [1.29, 1.82) is 0 Å². The van der Waals surface area contributed by atoms with Crippen LogP contribution in [0.4, 0.5) is 5.69 Å². The molecule has 3 rings (SSSR count). The van der Waals surface area contributed by atoms with E-state index in [0.717, 1.165) is 17.0 Å². The van der Waals surface area contributed by atoms with Gasteiger partial charge in [0, 0.05) is 22.6 Å². The fourth-order valence-electron chi connectivity index (χ4n) is 2.86. The van der Waals surface area contributed by atoms with E-state index in [4.69, 9.17) is 0 Å². The molecule has 2 heterocycles. The van der Waals surface area contributed by atoms with Gasteiger partial charge in [0.25, 0.3) is 5.56 Å². The van der Waals surface area contributed by atoms with E-state index in [1.54, 1.807) is 18.5 Å². The second-order valence-electron chi connectivity index (χ2n) is 6.77. The van der Waals surface area contributed by atoms with Gasteiger partial charge in [-0.05, 0) is 52.8 Å². The average Bonchev–Trinajstić information content (AvgIpc) is 2.95. The van der Waals surface area contributed by atoms with Crippen LogP contribution < -0.4 is 10.9 Å². The van der Waals surface area contributed by atoms with Gasteiger partial charge in [-0.25, -0.2) is 9.67 Å². The molecule has 0 radical (unpaired) electrons. The molecule has 0 spiro atoms. The molecule has 0 bridgehead atoms. The number of amides is 1. The minimum Gasteiger partial charge on any atom is -0.325 e. The summed E-state index contributed by atoms with van der Waals surface area (Å²) < 4.78 is 2.97. The van der Waals surface area contributed by atoms with Crippen LogP contribution in [0.3, 0.4) is 0 Å². The summed E-state index contributed by atoms with van der Waals surface area (Å²) in [4.78, 5) is 29.9. The highest BCUT2D eigenvalue weighted by Gasteiger charge is 2.18. The zero-order valence-electron chi connectivity index (χ0n) is 16.2. The summed E-state index contributed by atoms with van der Waals surface area (Å²) in [6.45, 7) is 9.09. The van der Waals surface area contributed by atoms with Crippen LogP contribution in [0.25, 0.3) is 5.95 Å². The van der Waals surface area contributed by atoms with Gasteiger partial charge < -0.3 is 5.32 Å². The standard InChI is InChI=1S/C20H23N5O2/c1-12-6-8-17(9-7-12)22-18(26)11-24-19(27)15(4)16(5)21-20(24)25-14(3)10-13(2)23-25/h6-10H,11H2,1-5H3,(H,22,26). The molecule has 7 heteroatoms. The molecular weight excluding hydrogens is 342 g/mol. The topological polar surface area (TPSA) is 81.8 Å². The summed E-state index contributed by atoms with van der Waals surface area (Å²) in [5, 5.41) is 7.24. The molecule has 0 saturated heterocycles. The van der Waals surface area contributed by atoms with Gasteiger partial charge in [0.1, 0.15) is 6.54 Å². The van der Waals surface area contributed by atoms with Gasteiger partial charge in [-0.3, -0.25) is 14.2 Å². The van der Waals surface area contributed by atoms with Crippen LogP contribution in [0.2, 0.25) is 0 Å². The molecule has 1 amide bonds. The highest BCUT2D eigenvalue weighted by Crippen LogP contribution is 2.12. The molecule has 7 nitrogen and oxygen atoms in total. The van der Waals surface area contributed by atoms with Crippen molar-refractivity contribution in [2.75, 3.05) is 5.32 Å². The number of rotatable bonds is 4. The molecule has 0 aliphatic rings. The first-order valence-corrected chi connectivity index (χ1v) is 8.74. The van der Waals surface area contributed by atoms with E-state index >= 15 is 0 Å². The molecule has 0 atom stereocenters. The Balaban J connectivity index is 2.00.